The van der Waals surface area contributed by atoms with Gasteiger partial charge in [-0.1, -0.05) is 12.1 Å². The second-order valence-corrected chi connectivity index (χ2v) is 7.14. The molecule has 2 amide bonds. The van der Waals surface area contributed by atoms with Crippen molar-refractivity contribution in [3.05, 3.63) is 54.4 Å². The largest absolute Gasteiger partial charge is 0.334 e. The third kappa shape index (κ3) is 4.51. The number of sulfonamides is 1. The maximum absolute atomic E-state index is 12.1. The predicted molar refractivity (Wildman–Crippen MR) is 87.4 cm³/mol. The van der Waals surface area contributed by atoms with Gasteiger partial charge in [0.05, 0.1) is 4.90 Å². The molecule has 1 heterocycles. The van der Waals surface area contributed by atoms with Crippen LogP contribution in [0.15, 0.2) is 53.7 Å². The van der Waals surface area contributed by atoms with Gasteiger partial charge < -0.3 is 10.6 Å². The highest BCUT2D eigenvalue weighted by Gasteiger charge is 2.17. The third-order valence-electron chi connectivity index (χ3n) is 3.05. The first kappa shape index (κ1) is 16.9. The average molecular weight is 334 g/mol. The van der Waals surface area contributed by atoms with Crippen LogP contribution in [-0.2, 0) is 16.6 Å². The molecule has 2 aromatic rings. The van der Waals surface area contributed by atoms with Crippen molar-refractivity contribution < 1.29 is 13.2 Å². The summed E-state index contributed by atoms with van der Waals surface area (Å²) in [5.41, 5.74) is 1.27. The first-order valence-corrected chi connectivity index (χ1v) is 8.30. The van der Waals surface area contributed by atoms with Gasteiger partial charge in [-0.3, -0.25) is 4.98 Å². The van der Waals surface area contributed by atoms with Gasteiger partial charge in [-0.05, 0) is 29.8 Å². The van der Waals surface area contributed by atoms with E-state index >= 15 is 0 Å². The van der Waals surface area contributed by atoms with Gasteiger partial charge in [0.2, 0.25) is 10.0 Å². The van der Waals surface area contributed by atoms with Gasteiger partial charge in [0.1, 0.15) is 0 Å². The zero-order chi connectivity index (χ0) is 16.9. The number of aromatic nitrogens is 1. The average Bonchev–Trinajstić information content (AvgIpc) is 2.54. The summed E-state index contributed by atoms with van der Waals surface area (Å²) in [6.07, 6.45) is 3.31. The third-order valence-corrected chi connectivity index (χ3v) is 4.86. The summed E-state index contributed by atoms with van der Waals surface area (Å²) in [5.74, 6) is 0. The molecule has 1 aromatic heterocycles. The Labute approximate surface area is 135 Å². The van der Waals surface area contributed by atoms with Crippen LogP contribution in [0, 0.1) is 0 Å². The van der Waals surface area contributed by atoms with Crippen molar-refractivity contribution in [2.75, 3.05) is 19.4 Å². The van der Waals surface area contributed by atoms with Crippen LogP contribution in [0.25, 0.3) is 0 Å². The fourth-order valence-corrected chi connectivity index (χ4v) is 2.75. The Kier molecular flexibility index (Phi) is 5.30. The van der Waals surface area contributed by atoms with E-state index in [9.17, 15) is 13.2 Å². The zero-order valence-corrected chi connectivity index (χ0v) is 13.7. The molecule has 0 unspecified atom stereocenters. The molecule has 0 aliphatic heterocycles. The molecule has 0 saturated carbocycles. The molecular weight excluding hydrogens is 316 g/mol. The normalized spacial score (nSPS) is 11.3. The molecule has 0 atom stereocenters. The molecular formula is C15H18N4O3S. The van der Waals surface area contributed by atoms with Crippen molar-refractivity contribution in [1.82, 2.24) is 14.6 Å². The molecule has 0 aliphatic rings. The second-order valence-electron chi connectivity index (χ2n) is 4.98. The summed E-state index contributed by atoms with van der Waals surface area (Å²) >= 11 is 0. The van der Waals surface area contributed by atoms with Crippen LogP contribution in [0.1, 0.15) is 5.56 Å². The highest BCUT2D eigenvalue weighted by atomic mass is 32.2. The maximum atomic E-state index is 12.1. The molecule has 8 heteroatoms. The topological polar surface area (TPSA) is 91.4 Å². The number of nitrogens with zero attached hydrogens (tertiary/aromatic N) is 2. The molecule has 0 aliphatic carbocycles. The number of hydrogen-bond donors (Lipinski definition) is 2. The van der Waals surface area contributed by atoms with Crippen LogP contribution < -0.4 is 10.6 Å². The number of urea groups is 1. The van der Waals surface area contributed by atoms with Crippen LogP contribution in [0.2, 0.25) is 0 Å². The van der Waals surface area contributed by atoms with Gasteiger partial charge in [-0.2, -0.15) is 0 Å². The summed E-state index contributed by atoms with van der Waals surface area (Å²) < 4.78 is 25.3. The van der Waals surface area contributed by atoms with E-state index < -0.39 is 16.1 Å². The molecule has 7 nitrogen and oxygen atoms in total. The first-order chi connectivity index (χ1) is 10.9. The molecule has 2 rings (SSSR count). The van der Waals surface area contributed by atoms with Crippen molar-refractivity contribution >= 4 is 21.7 Å². The highest BCUT2D eigenvalue weighted by Crippen LogP contribution is 2.17. The van der Waals surface area contributed by atoms with E-state index in [1.54, 1.807) is 30.6 Å². The number of pyridine rings is 1. The van der Waals surface area contributed by atoms with Crippen LogP contribution in [0.3, 0.4) is 0 Å². The minimum atomic E-state index is -3.54. The van der Waals surface area contributed by atoms with E-state index in [1.165, 1.54) is 26.2 Å². The van der Waals surface area contributed by atoms with E-state index in [0.717, 1.165) is 9.87 Å². The summed E-state index contributed by atoms with van der Waals surface area (Å²) in [6, 6.07) is 9.30. The monoisotopic (exact) mass is 334 g/mol. The van der Waals surface area contributed by atoms with Crippen molar-refractivity contribution in [3.63, 3.8) is 0 Å². The van der Waals surface area contributed by atoms with Gasteiger partial charge in [0.25, 0.3) is 0 Å². The first-order valence-electron chi connectivity index (χ1n) is 6.86. The lowest BCUT2D eigenvalue weighted by molar-refractivity contribution is 0.251. The molecule has 0 fully saturated rings. The Morgan fingerprint density at radius 1 is 1.22 bits per heavy atom. The van der Waals surface area contributed by atoms with E-state index in [1.807, 2.05) is 6.07 Å². The van der Waals surface area contributed by atoms with Crippen LogP contribution in [0.4, 0.5) is 10.5 Å². The number of rotatable bonds is 5. The molecule has 23 heavy (non-hydrogen) atoms. The lowest BCUT2D eigenvalue weighted by Gasteiger charge is -2.13. The lowest BCUT2D eigenvalue weighted by Crippen LogP contribution is -2.28. The molecule has 0 saturated heterocycles. The fraction of sp³-hybridized carbons (Fsp3) is 0.200. The van der Waals surface area contributed by atoms with E-state index in [-0.39, 0.29) is 4.90 Å². The smallest absolute Gasteiger partial charge is 0.319 e. The van der Waals surface area contributed by atoms with Crippen molar-refractivity contribution in [3.8, 4) is 0 Å². The number of benzene rings is 1. The Morgan fingerprint density at radius 2 is 2.00 bits per heavy atom. The number of carbonyl (C=O) groups excluding carboxylic acids is 1. The number of hydrogen-bond acceptors (Lipinski definition) is 4. The standard InChI is InChI=1S/C15H18N4O3S/c1-19(2)23(21,22)14-7-3-6-13(9-14)18-15(20)17-11-12-5-4-8-16-10-12/h3-10H,11H2,1-2H3,(H2,17,18,20). The van der Waals surface area contributed by atoms with Crippen LogP contribution in [-0.4, -0.2) is 37.8 Å². The van der Waals surface area contributed by atoms with Crippen LogP contribution in [0.5, 0.6) is 0 Å². The van der Waals surface area contributed by atoms with Gasteiger partial charge in [-0.15, -0.1) is 0 Å². The molecule has 0 radical (unpaired) electrons. The minimum Gasteiger partial charge on any atom is -0.334 e. The fourth-order valence-electron chi connectivity index (χ4n) is 1.81. The molecule has 122 valence electrons. The van der Waals surface area contributed by atoms with Gasteiger partial charge >= 0.3 is 6.03 Å². The number of amides is 2. The van der Waals surface area contributed by atoms with Crippen molar-refractivity contribution in [2.45, 2.75) is 11.4 Å². The second kappa shape index (κ2) is 7.21. The van der Waals surface area contributed by atoms with E-state index in [2.05, 4.69) is 15.6 Å². The zero-order valence-electron chi connectivity index (χ0n) is 12.9. The number of nitrogens with one attached hydrogen (secondary N) is 2. The van der Waals surface area contributed by atoms with Crippen molar-refractivity contribution in [2.24, 2.45) is 0 Å². The SMILES string of the molecule is CN(C)S(=O)(=O)c1cccc(NC(=O)NCc2cccnc2)c1. The van der Waals surface area contributed by atoms with E-state index in [4.69, 9.17) is 0 Å². The van der Waals surface area contributed by atoms with E-state index in [0.29, 0.717) is 12.2 Å². The summed E-state index contributed by atoms with van der Waals surface area (Å²) in [4.78, 5) is 16.0. The Hall–Kier alpha value is -2.45. The molecule has 1 aromatic carbocycles. The summed E-state index contributed by atoms with van der Waals surface area (Å²) in [5, 5.41) is 5.29. The van der Waals surface area contributed by atoms with Crippen LogP contribution >= 0.6 is 0 Å². The summed E-state index contributed by atoms with van der Waals surface area (Å²) in [7, 11) is -0.628. The number of anilines is 1. The maximum Gasteiger partial charge on any atom is 0.319 e. The molecule has 0 spiro atoms. The molecule has 0 bridgehead atoms. The Bertz CT molecular complexity index is 776. The number of carbonyl (C=O) groups is 1. The van der Waals surface area contributed by atoms with Gasteiger partial charge in [0.15, 0.2) is 0 Å². The Balaban J connectivity index is 2.02. The summed E-state index contributed by atoms with van der Waals surface area (Å²) in [6.45, 7) is 0.329. The predicted octanol–water partition coefficient (Wildman–Crippen LogP) is 1.65. The van der Waals surface area contributed by atoms with Gasteiger partial charge in [-0.25, -0.2) is 17.5 Å². The quantitative estimate of drug-likeness (QED) is 0.870. The van der Waals surface area contributed by atoms with Crippen molar-refractivity contribution in [1.29, 1.82) is 0 Å². The highest BCUT2D eigenvalue weighted by molar-refractivity contribution is 7.89. The molecule has 2 N–H and O–H groups in total. The van der Waals surface area contributed by atoms with Gasteiger partial charge in [0, 0.05) is 38.7 Å². The minimum absolute atomic E-state index is 0.118. The Morgan fingerprint density at radius 3 is 2.65 bits per heavy atom. The lowest BCUT2D eigenvalue weighted by atomic mass is 10.3.